The Bertz CT molecular complexity index is 1250. The van der Waals surface area contributed by atoms with Gasteiger partial charge in [0.05, 0.1) is 24.4 Å². The summed E-state index contributed by atoms with van der Waals surface area (Å²) in [7, 11) is 0. The van der Waals surface area contributed by atoms with Crippen LogP contribution >= 0.6 is 11.6 Å². The number of nitrogens with zero attached hydrogens (tertiary/aromatic N) is 1. The van der Waals surface area contributed by atoms with Crippen molar-refractivity contribution in [3.8, 4) is 0 Å². The summed E-state index contributed by atoms with van der Waals surface area (Å²) < 4.78 is 97.5. The number of hydroxylamine groups is 1. The van der Waals surface area contributed by atoms with E-state index in [1.807, 2.05) is 0 Å². The van der Waals surface area contributed by atoms with Gasteiger partial charge in [0.1, 0.15) is 0 Å². The first-order chi connectivity index (χ1) is 17.2. The maximum absolute atomic E-state index is 15.3. The number of hydrogen-bond acceptors (Lipinski definition) is 3. The molecule has 5 rings (SSSR count). The molecule has 1 aliphatic carbocycles. The Morgan fingerprint density at radius 2 is 1.68 bits per heavy atom. The van der Waals surface area contributed by atoms with E-state index in [4.69, 9.17) is 16.4 Å². The summed E-state index contributed by atoms with van der Waals surface area (Å²) in [6, 6.07) is 6.86. The predicted octanol–water partition coefficient (Wildman–Crippen LogP) is 6.04. The molecule has 0 bridgehead atoms. The molecule has 2 aromatic rings. The van der Waals surface area contributed by atoms with Crippen LogP contribution in [0.4, 0.5) is 35.5 Å². The van der Waals surface area contributed by atoms with Gasteiger partial charge in [-0.05, 0) is 48.2 Å². The van der Waals surface area contributed by atoms with Crippen LogP contribution in [0, 0.1) is 0 Å². The van der Waals surface area contributed by atoms with Crippen LogP contribution in [-0.2, 0) is 22.3 Å². The zero-order chi connectivity index (χ0) is 26.8. The van der Waals surface area contributed by atoms with Crippen LogP contribution in [0.3, 0.4) is 0 Å². The number of rotatable bonds is 4. The maximum atomic E-state index is 15.3. The van der Waals surface area contributed by atoms with Gasteiger partial charge in [0.2, 0.25) is 5.60 Å². The maximum Gasteiger partial charge on any atom is 0.428 e. The summed E-state index contributed by atoms with van der Waals surface area (Å²) in [5, 5.41) is 2.22. The molecule has 37 heavy (non-hydrogen) atoms. The van der Waals surface area contributed by atoms with Crippen LogP contribution in [0.15, 0.2) is 48.5 Å². The van der Waals surface area contributed by atoms with E-state index >= 15 is 4.39 Å². The predicted molar refractivity (Wildman–Crippen MR) is 119 cm³/mol. The average molecular weight is 550 g/mol. The Balaban J connectivity index is 1.39. The van der Waals surface area contributed by atoms with Gasteiger partial charge in [-0.3, -0.25) is 10.3 Å². The molecule has 1 saturated heterocycles. The number of likely N-dealkylation sites (tertiary alicyclic amines) is 1. The summed E-state index contributed by atoms with van der Waals surface area (Å²) in [4.78, 5) is 18.2. The summed E-state index contributed by atoms with van der Waals surface area (Å²) in [5.74, 6) is 0. The number of nitrogens with one attached hydrogen (secondary N) is 2. The van der Waals surface area contributed by atoms with E-state index in [1.54, 1.807) is 0 Å². The van der Waals surface area contributed by atoms with Crippen molar-refractivity contribution in [2.75, 3.05) is 13.1 Å². The van der Waals surface area contributed by atoms with Gasteiger partial charge in [-0.15, -0.1) is 0 Å². The minimum atomic E-state index is -5.16. The highest BCUT2D eigenvalue weighted by atomic mass is 35.5. The molecule has 2 aliphatic heterocycles. The van der Waals surface area contributed by atoms with E-state index in [0.717, 1.165) is 18.9 Å². The van der Waals surface area contributed by atoms with E-state index in [1.165, 1.54) is 29.2 Å². The Labute approximate surface area is 211 Å². The van der Waals surface area contributed by atoms with Gasteiger partial charge >= 0.3 is 18.4 Å². The molecule has 0 aromatic heterocycles. The van der Waals surface area contributed by atoms with Crippen molar-refractivity contribution in [1.29, 1.82) is 0 Å². The van der Waals surface area contributed by atoms with Crippen LogP contribution < -0.4 is 10.8 Å². The zero-order valence-electron chi connectivity index (χ0n) is 18.8. The number of amides is 2. The fourth-order valence-electron chi connectivity index (χ4n) is 4.28. The molecule has 2 fully saturated rings. The van der Waals surface area contributed by atoms with Crippen LogP contribution in [-0.4, -0.2) is 36.2 Å². The Morgan fingerprint density at radius 1 is 1.03 bits per heavy atom. The third-order valence-electron chi connectivity index (χ3n) is 6.53. The zero-order valence-corrected chi connectivity index (χ0v) is 19.6. The van der Waals surface area contributed by atoms with Crippen molar-refractivity contribution in [3.05, 3.63) is 75.8 Å². The normalized spacial score (nSPS) is 23.2. The lowest BCUT2D eigenvalue weighted by Gasteiger charge is -2.44. The fraction of sp³-hybridized carbons (Fsp3) is 0.375. The second-order valence-electron chi connectivity index (χ2n) is 9.34. The van der Waals surface area contributed by atoms with Crippen LogP contribution in [0.2, 0.25) is 5.02 Å². The molecule has 0 spiro atoms. The number of hydrogen-bond donors (Lipinski definition) is 2. The summed E-state index contributed by atoms with van der Waals surface area (Å²) in [5.41, 5.74) is -4.90. The van der Waals surface area contributed by atoms with Crippen LogP contribution in [0.25, 0.3) is 5.70 Å². The number of urea groups is 1. The lowest BCUT2D eigenvalue weighted by atomic mass is 9.87. The highest BCUT2D eigenvalue weighted by molar-refractivity contribution is 6.30. The van der Waals surface area contributed by atoms with Gasteiger partial charge in [0.15, 0.2) is 5.67 Å². The largest absolute Gasteiger partial charge is 0.428 e. The lowest BCUT2D eigenvalue weighted by Crippen LogP contribution is -2.61. The summed E-state index contributed by atoms with van der Waals surface area (Å²) >= 11 is 5.71. The molecule has 198 valence electrons. The molecular formula is C24H19ClF7N3O2. The van der Waals surface area contributed by atoms with E-state index in [0.29, 0.717) is 18.2 Å². The van der Waals surface area contributed by atoms with Crippen LogP contribution in [0.5, 0.6) is 0 Å². The summed E-state index contributed by atoms with van der Waals surface area (Å²) in [6.45, 7) is -0.328. The molecule has 1 saturated carbocycles. The van der Waals surface area contributed by atoms with Gasteiger partial charge < -0.3 is 10.2 Å². The Hall–Kier alpha value is -2.99. The van der Waals surface area contributed by atoms with Crippen molar-refractivity contribution in [2.24, 2.45) is 0 Å². The first-order valence-electron chi connectivity index (χ1n) is 11.2. The molecule has 2 heterocycles. The molecule has 2 amide bonds. The first kappa shape index (κ1) is 25.7. The SMILES string of the molecule is O=C(NC1CC1)N1CC(F)(c2ccc(C3=CC(c4cc(Cl)cc(C(F)(F)F)c4)(C(F)(F)F)ON3)cc2)C1. The van der Waals surface area contributed by atoms with Gasteiger partial charge in [-0.1, -0.05) is 35.9 Å². The van der Waals surface area contributed by atoms with E-state index in [9.17, 15) is 31.1 Å². The van der Waals surface area contributed by atoms with E-state index in [-0.39, 0.29) is 42.0 Å². The number of carbonyl (C=O) groups excluding carboxylic acids is 1. The van der Waals surface area contributed by atoms with Crippen molar-refractivity contribution >= 4 is 23.3 Å². The van der Waals surface area contributed by atoms with Crippen molar-refractivity contribution in [3.63, 3.8) is 0 Å². The standard InChI is InChI=1S/C24H19ClF7N3O2/c25-17-8-15(7-16(9-17)23(27,28)29)22(24(30,31)32)10-19(34-37-22)13-1-3-14(4-2-13)21(26)11-35(12-21)20(36)33-18-5-6-18/h1-4,7-10,18,34H,5-6,11-12H2,(H,33,36). The third kappa shape index (κ3) is 4.72. The quantitative estimate of drug-likeness (QED) is 0.457. The average Bonchev–Trinajstić information content (AvgIpc) is 3.48. The third-order valence-corrected chi connectivity index (χ3v) is 6.75. The molecule has 3 aliphatic rings. The number of carbonyl (C=O) groups is 1. The van der Waals surface area contributed by atoms with Crippen molar-refractivity contribution < 1.29 is 40.4 Å². The lowest BCUT2D eigenvalue weighted by molar-refractivity contribution is -0.269. The number of halogens is 8. The Kier molecular flexibility index (Phi) is 5.91. The van der Waals surface area contributed by atoms with Gasteiger partial charge in [-0.2, -0.15) is 26.3 Å². The minimum Gasteiger partial charge on any atom is -0.335 e. The monoisotopic (exact) mass is 549 g/mol. The fourth-order valence-corrected chi connectivity index (χ4v) is 4.52. The topological polar surface area (TPSA) is 53.6 Å². The minimum absolute atomic E-state index is 0.131. The highest BCUT2D eigenvalue weighted by Crippen LogP contribution is 2.49. The van der Waals surface area contributed by atoms with E-state index < -0.39 is 39.8 Å². The molecule has 1 atom stereocenters. The van der Waals surface area contributed by atoms with Crippen molar-refractivity contribution in [1.82, 2.24) is 15.7 Å². The molecule has 2 aromatic carbocycles. The number of benzene rings is 2. The molecule has 2 N–H and O–H groups in total. The summed E-state index contributed by atoms with van der Waals surface area (Å²) in [6.07, 6.45) is -7.68. The smallest absolute Gasteiger partial charge is 0.335 e. The Morgan fingerprint density at radius 3 is 2.24 bits per heavy atom. The number of alkyl halides is 7. The van der Waals surface area contributed by atoms with Crippen molar-refractivity contribution in [2.45, 2.75) is 42.5 Å². The first-order valence-corrected chi connectivity index (χ1v) is 11.6. The molecule has 1 unspecified atom stereocenters. The molecular weight excluding hydrogens is 531 g/mol. The highest BCUT2D eigenvalue weighted by Gasteiger charge is 2.60. The van der Waals surface area contributed by atoms with Crippen LogP contribution in [0.1, 0.15) is 35.1 Å². The van der Waals surface area contributed by atoms with Gasteiger partial charge in [-0.25, -0.2) is 9.18 Å². The molecule has 5 nitrogen and oxygen atoms in total. The van der Waals surface area contributed by atoms with Gasteiger partial charge in [0.25, 0.3) is 0 Å². The second-order valence-corrected chi connectivity index (χ2v) is 9.78. The molecule has 13 heteroatoms. The second kappa shape index (κ2) is 8.52. The van der Waals surface area contributed by atoms with Gasteiger partial charge in [0, 0.05) is 16.6 Å². The van der Waals surface area contributed by atoms with E-state index in [2.05, 4.69) is 10.8 Å². The molecule has 0 radical (unpaired) electrons.